The van der Waals surface area contributed by atoms with Crippen LogP contribution in [0.2, 0.25) is 0 Å². The summed E-state index contributed by atoms with van der Waals surface area (Å²) < 4.78 is 0.862. The molecule has 1 aromatic rings. The predicted octanol–water partition coefficient (Wildman–Crippen LogP) is 2.25. The second kappa shape index (κ2) is 5.84. The van der Waals surface area contributed by atoms with Crippen LogP contribution in [-0.4, -0.2) is 35.8 Å². The van der Waals surface area contributed by atoms with Crippen LogP contribution >= 0.6 is 27.3 Å². The fourth-order valence-electron chi connectivity index (χ4n) is 2.10. The Bertz CT molecular complexity index is 453. The van der Waals surface area contributed by atoms with Gasteiger partial charge in [-0.05, 0) is 40.2 Å². The Labute approximate surface area is 118 Å². The van der Waals surface area contributed by atoms with Crippen molar-refractivity contribution in [2.75, 3.05) is 13.1 Å². The number of hydrogen-bond donors (Lipinski definition) is 1. The van der Waals surface area contributed by atoms with E-state index in [-0.39, 0.29) is 17.9 Å². The Kier molecular flexibility index (Phi) is 4.40. The summed E-state index contributed by atoms with van der Waals surface area (Å²) in [5.41, 5.74) is 0. The standard InChI is InChI=1S/C12H15BrN2O2S/c1-8(16)14-9-2-5-15(6-3-9)12(17)11-10(13)4-7-18-11/h4,7,9H,2-3,5-6H2,1H3,(H,14,16). The van der Waals surface area contributed by atoms with E-state index in [1.165, 1.54) is 18.3 Å². The molecule has 1 fully saturated rings. The molecule has 1 aromatic heterocycles. The van der Waals surface area contributed by atoms with Crippen LogP contribution in [0.5, 0.6) is 0 Å². The molecule has 0 unspecified atom stereocenters. The molecule has 0 aromatic carbocycles. The molecule has 1 aliphatic rings. The lowest BCUT2D eigenvalue weighted by atomic mass is 10.0. The minimum atomic E-state index is 0.000720. The van der Waals surface area contributed by atoms with E-state index in [1.54, 1.807) is 0 Å². The lowest BCUT2D eigenvalue weighted by Crippen LogP contribution is -2.46. The number of likely N-dealkylation sites (tertiary alicyclic amines) is 1. The van der Waals surface area contributed by atoms with Crippen LogP contribution in [0.4, 0.5) is 0 Å². The molecule has 2 amide bonds. The predicted molar refractivity (Wildman–Crippen MR) is 74.8 cm³/mol. The van der Waals surface area contributed by atoms with Gasteiger partial charge in [0.25, 0.3) is 5.91 Å². The van der Waals surface area contributed by atoms with Crippen molar-refractivity contribution < 1.29 is 9.59 Å². The average Bonchev–Trinajstić information content (AvgIpc) is 2.75. The molecule has 6 heteroatoms. The zero-order valence-corrected chi connectivity index (χ0v) is 12.5. The van der Waals surface area contributed by atoms with Crippen LogP contribution in [0.1, 0.15) is 29.4 Å². The van der Waals surface area contributed by atoms with Gasteiger partial charge in [-0.2, -0.15) is 0 Å². The highest BCUT2D eigenvalue weighted by atomic mass is 79.9. The van der Waals surface area contributed by atoms with Crippen molar-refractivity contribution >= 4 is 39.1 Å². The molecule has 2 heterocycles. The van der Waals surface area contributed by atoms with E-state index in [1.807, 2.05) is 16.3 Å². The van der Waals surface area contributed by atoms with Crippen LogP contribution in [0.15, 0.2) is 15.9 Å². The second-order valence-electron chi connectivity index (χ2n) is 4.36. The van der Waals surface area contributed by atoms with Crippen molar-refractivity contribution in [3.05, 3.63) is 20.8 Å². The third-order valence-corrected chi connectivity index (χ3v) is 4.83. The molecule has 18 heavy (non-hydrogen) atoms. The summed E-state index contributed by atoms with van der Waals surface area (Å²) >= 11 is 4.84. The van der Waals surface area contributed by atoms with Crippen LogP contribution in [0, 0.1) is 0 Å². The van der Waals surface area contributed by atoms with E-state index in [4.69, 9.17) is 0 Å². The molecule has 0 atom stereocenters. The molecule has 0 radical (unpaired) electrons. The van der Waals surface area contributed by atoms with Gasteiger partial charge in [-0.15, -0.1) is 11.3 Å². The van der Waals surface area contributed by atoms with Gasteiger partial charge in [0.1, 0.15) is 4.88 Å². The van der Waals surface area contributed by atoms with Gasteiger partial charge < -0.3 is 10.2 Å². The maximum absolute atomic E-state index is 12.2. The number of nitrogens with one attached hydrogen (secondary N) is 1. The first-order chi connectivity index (χ1) is 8.58. The minimum Gasteiger partial charge on any atom is -0.353 e. The molecule has 0 bridgehead atoms. The molecule has 2 rings (SSSR count). The topological polar surface area (TPSA) is 49.4 Å². The zero-order valence-electron chi connectivity index (χ0n) is 10.1. The number of nitrogens with zero attached hydrogens (tertiary/aromatic N) is 1. The molecular formula is C12H15BrN2O2S. The van der Waals surface area contributed by atoms with E-state index in [2.05, 4.69) is 21.2 Å². The number of thiophene rings is 1. The number of hydrogen-bond acceptors (Lipinski definition) is 3. The summed E-state index contributed by atoms with van der Waals surface area (Å²) in [4.78, 5) is 25.8. The van der Waals surface area contributed by atoms with Gasteiger partial charge in [0.2, 0.25) is 5.91 Å². The van der Waals surface area contributed by atoms with Gasteiger partial charge in [0, 0.05) is 30.5 Å². The fraction of sp³-hybridized carbons (Fsp3) is 0.500. The van der Waals surface area contributed by atoms with Crippen molar-refractivity contribution in [2.24, 2.45) is 0 Å². The molecule has 0 spiro atoms. The highest BCUT2D eigenvalue weighted by Crippen LogP contribution is 2.25. The van der Waals surface area contributed by atoms with E-state index in [9.17, 15) is 9.59 Å². The largest absolute Gasteiger partial charge is 0.353 e. The molecule has 98 valence electrons. The third kappa shape index (κ3) is 3.11. The monoisotopic (exact) mass is 330 g/mol. The molecule has 0 aliphatic carbocycles. The Hall–Kier alpha value is -0.880. The highest BCUT2D eigenvalue weighted by molar-refractivity contribution is 9.10. The van der Waals surface area contributed by atoms with Gasteiger partial charge >= 0.3 is 0 Å². The lowest BCUT2D eigenvalue weighted by molar-refractivity contribution is -0.119. The van der Waals surface area contributed by atoms with E-state index in [0.717, 1.165) is 22.2 Å². The van der Waals surface area contributed by atoms with Crippen molar-refractivity contribution in [3.8, 4) is 0 Å². The minimum absolute atomic E-state index is 0.000720. The second-order valence-corrected chi connectivity index (χ2v) is 6.14. The number of carbonyl (C=O) groups is 2. The van der Waals surface area contributed by atoms with Gasteiger partial charge in [0.15, 0.2) is 0 Å². The maximum Gasteiger partial charge on any atom is 0.265 e. The number of piperidine rings is 1. The van der Waals surface area contributed by atoms with E-state index >= 15 is 0 Å². The van der Waals surface area contributed by atoms with Crippen molar-refractivity contribution in [1.82, 2.24) is 10.2 Å². The summed E-state index contributed by atoms with van der Waals surface area (Å²) in [6.45, 7) is 2.93. The van der Waals surface area contributed by atoms with Crippen molar-refractivity contribution in [1.29, 1.82) is 0 Å². The Morgan fingerprint density at radius 2 is 2.11 bits per heavy atom. The highest BCUT2D eigenvalue weighted by Gasteiger charge is 2.25. The average molecular weight is 331 g/mol. The SMILES string of the molecule is CC(=O)NC1CCN(C(=O)c2sccc2Br)CC1. The molecular weight excluding hydrogens is 316 g/mol. The normalized spacial score (nSPS) is 16.7. The smallest absolute Gasteiger partial charge is 0.265 e. The molecule has 1 N–H and O–H groups in total. The van der Waals surface area contributed by atoms with Crippen molar-refractivity contribution in [3.63, 3.8) is 0 Å². The van der Waals surface area contributed by atoms with Crippen LogP contribution in [0.3, 0.4) is 0 Å². The Morgan fingerprint density at radius 1 is 1.44 bits per heavy atom. The van der Waals surface area contributed by atoms with Gasteiger partial charge in [0.05, 0.1) is 0 Å². The molecule has 4 nitrogen and oxygen atoms in total. The Morgan fingerprint density at radius 3 is 2.61 bits per heavy atom. The zero-order chi connectivity index (χ0) is 13.1. The molecule has 1 saturated heterocycles. The summed E-state index contributed by atoms with van der Waals surface area (Å²) in [6, 6.07) is 2.10. The van der Waals surface area contributed by atoms with Gasteiger partial charge in [-0.3, -0.25) is 9.59 Å². The first kappa shape index (κ1) is 13.5. The fourth-order valence-corrected chi connectivity index (χ4v) is 3.61. The Balaban J connectivity index is 1.92. The maximum atomic E-state index is 12.2. The summed E-state index contributed by atoms with van der Waals surface area (Å²) in [5, 5.41) is 4.81. The van der Waals surface area contributed by atoms with Crippen LogP contribution in [-0.2, 0) is 4.79 Å². The van der Waals surface area contributed by atoms with Crippen molar-refractivity contribution in [2.45, 2.75) is 25.8 Å². The molecule has 1 aliphatic heterocycles. The number of rotatable bonds is 2. The van der Waals surface area contributed by atoms with E-state index in [0.29, 0.717) is 13.1 Å². The number of amides is 2. The number of halogens is 1. The first-order valence-electron chi connectivity index (χ1n) is 5.87. The van der Waals surface area contributed by atoms with Gasteiger partial charge in [-0.1, -0.05) is 0 Å². The number of carbonyl (C=O) groups excluding carboxylic acids is 2. The van der Waals surface area contributed by atoms with E-state index < -0.39 is 0 Å². The third-order valence-electron chi connectivity index (χ3n) is 3.00. The summed E-state index contributed by atoms with van der Waals surface area (Å²) in [7, 11) is 0. The van der Waals surface area contributed by atoms with Crippen LogP contribution < -0.4 is 5.32 Å². The van der Waals surface area contributed by atoms with Gasteiger partial charge in [-0.25, -0.2) is 0 Å². The lowest BCUT2D eigenvalue weighted by Gasteiger charge is -2.32. The first-order valence-corrected chi connectivity index (χ1v) is 7.54. The van der Waals surface area contributed by atoms with Crippen LogP contribution in [0.25, 0.3) is 0 Å². The quantitative estimate of drug-likeness (QED) is 0.904. The molecule has 0 saturated carbocycles. The summed E-state index contributed by atoms with van der Waals surface area (Å²) in [6.07, 6.45) is 1.66. The summed E-state index contributed by atoms with van der Waals surface area (Å²) in [5.74, 6) is 0.0823.